The Morgan fingerprint density at radius 1 is 1.29 bits per heavy atom. The lowest BCUT2D eigenvalue weighted by Crippen LogP contribution is -2.23. The molecule has 0 fully saturated rings. The minimum atomic E-state index is -4.71. The van der Waals surface area contributed by atoms with Gasteiger partial charge < -0.3 is 10.1 Å². The summed E-state index contributed by atoms with van der Waals surface area (Å²) in [6.07, 6.45) is -0.382. The highest BCUT2D eigenvalue weighted by atomic mass is 19.4. The van der Waals surface area contributed by atoms with Gasteiger partial charge in [-0.1, -0.05) is 0 Å². The summed E-state index contributed by atoms with van der Waals surface area (Å²) in [5, 5.41) is 7.25. The zero-order chi connectivity index (χ0) is 14.9. The van der Waals surface area contributed by atoms with E-state index in [-0.39, 0.29) is 11.8 Å². The molecule has 0 bridgehead atoms. The number of nitrogens with zero attached hydrogens (tertiary/aromatic N) is 4. The van der Waals surface area contributed by atoms with Gasteiger partial charge in [-0.3, -0.25) is 0 Å². The lowest BCUT2D eigenvalue weighted by Gasteiger charge is -2.23. The van der Waals surface area contributed by atoms with E-state index in [2.05, 4.69) is 25.1 Å². The molecule has 3 rings (SSSR count). The third-order valence-electron chi connectivity index (χ3n) is 3.11. The van der Waals surface area contributed by atoms with Crippen LogP contribution in [0.1, 0.15) is 24.7 Å². The summed E-state index contributed by atoms with van der Waals surface area (Å²) in [6, 6.07) is 2.61. The van der Waals surface area contributed by atoms with Crippen LogP contribution in [0, 0.1) is 0 Å². The molecule has 0 radical (unpaired) electrons. The molecule has 2 aromatic heterocycles. The minimum Gasteiger partial charge on any atom is -0.404 e. The number of hydrogen-bond acceptors (Lipinski definition) is 5. The molecular formula is C12H12F3N5O. The Kier molecular flexibility index (Phi) is 3.40. The van der Waals surface area contributed by atoms with Crippen molar-refractivity contribution in [3.05, 3.63) is 30.5 Å². The number of ether oxygens (including phenoxy) is 1. The van der Waals surface area contributed by atoms with Crippen LogP contribution < -0.4 is 10.1 Å². The Bertz CT molecular complexity index is 610. The Labute approximate surface area is 118 Å². The number of anilines is 1. The van der Waals surface area contributed by atoms with Gasteiger partial charge in [0.15, 0.2) is 0 Å². The highest BCUT2D eigenvalue weighted by molar-refractivity contribution is 5.39. The molecule has 0 saturated heterocycles. The second kappa shape index (κ2) is 5.23. The summed E-state index contributed by atoms with van der Waals surface area (Å²) in [6.45, 7) is 0.819. The second-order valence-electron chi connectivity index (χ2n) is 4.61. The number of rotatable bonds is 3. The maximum Gasteiger partial charge on any atom is 0.573 e. The van der Waals surface area contributed by atoms with Gasteiger partial charge in [0.1, 0.15) is 23.7 Å². The van der Waals surface area contributed by atoms with Crippen LogP contribution in [0.3, 0.4) is 0 Å². The van der Waals surface area contributed by atoms with Crippen molar-refractivity contribution in [2.45, 2.75) is 31.8 Å². The van der Waals surface area contributed by atoms with E-state index in [0.29, 0.717) is 5.82 Å². The molecule has 0 aliphatic carbocycles. The molecule has 0 spiro atoms. The van der Waals surface area contributed by atoms with E-state index in [4.69, 9.17) is 0 Å². The van der Waals surface area contributed by atoms with Crippen molar-refractivity contribution in [3.63, 3.8) is 0 Å². The molecule has 0 amide bonds. The van der Waals surface area contributed by atoms with Gasteiger partial charge >= 0.3 is 6.36 Å². The molecule has 21 heavy (non-hydrogen) atoms. The van der Waals surface area contributed by atoms with Gasteiger partial charge in [0.05, 0.1) is 12.2 Å². The van der Waals surface area contributed by atoms with Gasteiger partial charge in [-0.05, 0) is 25.0 Å². The molecule has 1 aliphatic rings. The van der Waals surface area contributed by atoms with Crippen molar-refractivity contribution >= 4 is 5.82 Å². The number of alkyl halides is 3. The largest absolute Gasteiger partial charge is 0.573 e. The van der Waals surface area contributed by atoms with Gasteiger partial charge in [-0.15, -0.1) is 13.2 Å². The van der Waals surface area contributed by atoms with Gasteiger partial charge in [0, 0.05) is 6.54 Å². The predicted octanol–water partition coefficient (Wildman–Crippen LogP) is 2.52. The first-order chi connectivity index (χ1) is 10.0. The lowest BCUT2D eigenvalue weighted by molar-refractivity contribution is -0.274. The first kappa shape index (κ1) is 13.7. The van der Waals surface area contributed by atoms with Crippen LogP contribution >= 0.6 is 0 Å². The zero-order valence-corrected chi connectivity index (χ0v) is 10.8. The van der Waals surface area contributed by atoms with Crippen LogP contribution in [0.25, 0.3) is 0 Å². The van der Waals surface area contributed by atoms with Crippen LogP contribution in [-0.2, 0) is 6.54 Å². The van der Waals surface area contributed by atoms with E-state index in [1.165, 1.54) is 18.5 Å². The molecule has 1 unspecified atom stereocenters. The second-order valence-corrected chi connectivity index (χ2v) is 4.61. The first-order valence-corrected chi connectivity index (χ1v) is 6.37. The highest BCUT2D eigenvalue weighted by Gasteiger charge is 2.31. The molecule has 2 aromatic rings. The van der Waals surface area contributed by atoms with Crippen LogP contribution in [0.5, 0.6) is 5.75 Å². The Balaban J connectivity index is 1.69. The average molecular weight is 299 g/mol. The van der Waals surface area contributed by atoms with Crippen molar-refractivity contribution < 1.29 is 17.9 Å². The maximum atomic E-state index is 12.1. The summed E-state index contributed by atoms with van der Waals surface area (Å²) < 4.78 is 41.8. The third kappa shape index (κ3) is 3.23. The van der Waals surface area contributed by atoms with Crippen LogP contribution in [0.4, 0.5) is 19.0 Å². The summed E-state index contributed by atoms with van der Waals surface area (Å²) >= 11 is 0. The monoisotopic (exact) mass is 299 g/mol. The fraction of sp³-hybridized carbons (Fsp3) is 0.417. The summed E-state index contributed by atoms with van der Waals surface area (Å²) in [5.41, 5.74) is 0. The van der Waals surface area contributed by atoms with Crippen LogP contribution in [-0.4, -0.2) is 26.1 Å². The summed E-state index contributed by atoms with van der Waals surface area (Å²) in [5.74, 6) is 0.921. The van der Waals surface area contributed by atoms with Crippen molar-refractivity contribution in [1.29, 1.82) is 0 Å². The van der Waals surface area contributed by atoms with Crippen molar-refractivity contribution in [3.8, 4) is 5.75 Å². The van der Waals surface area contributed by atoms with Gasteiger partial charge in [-0.25, -0.2) is 14.6 Å². The van der Waals surface area contributed by atoms with Crippen LogP contribution in [0.2, 0.25) is 0 Å². The predicted molar refractivity (Wildman–Crippen MR) is 66.5 cm³/mol. The minimum absolute atomic E-state index is 0.0527. The number of nitrogens with one attached hydrogen (secondary N) is 1. The van der Waals surface area contributed by atoms with Crippen LogP contribution in [0.15, 0.2) is 24.7 Å². The quantitative estimate of drug-likeness (QED) is 0.943. The van der Waals surface area contributed by atoms with E-state index in [9.17, 15) is 13.2 Å². The van der Waals surface area contributed by atoms with Gasteiger partial charge in [-0.2, -0.15) is 5.10 Å². The molecule has 1 atom stereocenters. The highest BCUT2D eigenvalue weighted by Crippen LogP contribution is 2.27. The van der Waals surface area contributed by atoms with Crippen molar-refractivity contribution in [2.75, 3.05) is 5.32 Å². The molecule has 9 heteroatoms. The fourth-order valence-corrected chi connectivity index (χ4v) is 2.26. The summed E-state index contributed by atoms with van der Waals surface area (Å²) in [7, 11) is 0. The number of aryl methyl sites for hydroxylation is 1. The number of fused-ring (bicyclic) bond motifs is 1. The molecule has 112 valence electrons. The fourth-order valence-electron chi connectivity index (χ4n) is 2.26. The Morgan fingerprint density at radius 3 is 2.86 bits per heavy atom. The first-order valence-electron chi connectivity index (χ1n) is 6.37. The molecule has 6 nitrogen and oxygen atoms in total. The molecule has 0 aromatic carbocycles. The number of pyridine rings is 1. The van der Waals surface area contributed by atoms with Crippen molar-refractivity contribution in [1.82, 2.24) is 19.7 Å². The zero-order valence-electron chi connectivity index (χ0n) is 10.8. The SMILES string of the molecule is FC(F)(F)Oc1ccc(NC2CCCn3ncnc32)nc1. The standard InChI is InChI=1S/C12H12F3N5O/c13-12(14,15)21-8-3-4-10(16-6-8)19-9-2-1-5-20-11(9)17-7-18-20/h3-4,6-7,9H,1-2,5H2,(H,16,19). The van der Waals surface area contributed by atoms with E-state index < -0.39 is 6.36 Å². The average Bonchev–Trinajstić information content (AvgIpc) is 2.89. The van der Waals surface area contributed by atoms with Gasteiger partial charge in [0.2, 0.25) is 0 Å². The molecule has 0 saturated carbocycles. The van der Waals surface area contributed by atoms with E-state index >= 15 is 0 Å². The smallest absolute Gasteiger partial charge is 0.404 e. The van der Waals surface area contributed by atoms with Gasteiger partial charge in [0.25, 0.3) is 0 Å². The lowest BCUT2D eigenvalue weighted by atomic mass is 10.1. The molecule has 1 aliphatic heterocycles. The maximum absolute atomic E-state index is 12.1. The van der Waals surface area contributed by atoms with E-state index in [0.717, 1.165) is 31.4 Å². The number of aromatic nitrogens is 4. The molecule has 3 heterocycles. The normalized spacial score (nSPS) is 18.1. The topological polar surface area (TPSA) is 64.9 Å². The summed E-state index contributed by atoms with van der Waals surface area (Å²) in [4.78, 5) is 8.11. The third-order valence-corrected chi connectivity index (χ3v) is 3.11. The number of halogens is 3. The molecular weight excluding hydrogens is 287 g/mol. The van der Waals surface area contributed by atoms with E-state index in [1.807, 2.05) is 4.68 Å². The Hall–Kier alpha value is -2.32. The van der Waals surface area contributed by atoms with E-state index in [1.54, 1.807) is 0 Å². The molecule has 1 N–H and O–H groups in total. The Morgan fingerprint density at radius 2 is 2.14 bits per heavy atom. The van der Waals surface area contributed by atoms with Crippen molar-refractivity contribution in [2.24, 2.45) is 0 Å². The number of hydrogen-bond donors (Lipinski definition) is 1.